The van der Waals surface area contributed by atoms with Crippen LogP contribution in [-0.2, 0) is 14.3 Å². The van der Waals surface area contributed by atoms with Gasteiger partial charge in [0.1, 0.15) is 5.57 Å². The molecule has 0 saturated carbocycles. The van der Waals surface area contributed by atoms with Crippen LogP contribution in [-0.4, -0.2) is 28.8 Å². The Bertz CT molecular complexity index is 374. The fourth-order valence-corrected chi connectivity index (χ4v) is 1.80. The molecule has 0 fully saturated rings. The third-order valence-electron chi connectivity index (χ3n) is 2.59. The number of ether oxygens (including phenoxy) is 1. The number of allylic oxidation sites excluding steroid dienone is 3. The Kier molecular flexibility index (Phi) is 6.78. The smallest absolute Gasteiger partial charge is 0.343 e. The third-order valence-corrected chi connectivity index (χ3v) is 2.59. The standard InChI is InChI=1S/C13H20O5/c1-5-9(11(12(14)15)13(16)17)8(4)10(6-2)18-7-3/h5-7H2,1-4H3,(H,14,15)(H,16,17). The molecule has 0 amide bonds. The molecule has 0 aromatic rings. The highest BCUT2D eigenvalue weighted by molar-refractivity contribution is 6.13. The molecule has 18 heavy (non-hydrogen) atoms. The van der Waals surface area contributed by atoms with Crippen molar-refractivity contribution < 1.29 is 24.5 Å². The summed E-state index contributed by atoms with van der Waals surface area (Å²) in [5.74, 6) is -2.22. The van der Waals surface area contributed by atoms with Crippen LogP contribution in [0.4, 0.5) is 0 Å². The maximum atomic E-state index is 11.0. The average Bonchev–Trinajstić information content (AvgIpc) is 2.30. The first kappa shape index (κ1) is 16.2. The van der Waals surface area contributed by atoms with Crippen LogP contribution in [0, 0.1) is 0 Å². The van der Waals surface area contributed by atoms with Crippen LogP contribution in [0.5, 0.6) is 0 Å². The molecule has 0 rings (SSSR count). The van der Waals surface area contributed by atoms with Crippen LogP contribution in [0.2, 0.25) is 0 Å². The predicted molar refractivity (Wildman–Crippen MR) is 67.2 cm³/mol. The van der Waals surface area contributed by atoms with E-state index in [-0.39, 0.29) is 0 Å². The van der Waals surface area contributed by atoms with Gasteiger partial charge in [0.2, 0.25) is 0 Å². The third kappa shape index (κ3) is 3.91. The van der Waals surface area contributed by atoms with E-state index in [2.05, 4.69) is 0 Å². The molecule has 0 aliphatic rings. The van der Waals surface area contributed by atoms with Crippen molar-refractivity contribution in [2.24, 2.45) is 0 Å². The van der Waals surface area contributed by atoms with E-state index in [9.17, 15) is 9.59 Å². The summed E-state index contributed by atoms with van der Waals surface area (Å²) in [6.07, 6.45) is 0.923. The molecule has 0 bridgehead atoms. The van der Waals surface area contributed by atoms with Crippen molar-refractivity contribution in [1.82, 2.24) is 0 Å². The Balaban J connectivity index is 5.87. The van der Waals surface area contributed by atoms with Crippen LogP contribution in [0.15, 0.2) is 22.5 Å². The van der Waals surface area contributed by atoms with Gasteiger partial charge in [-0.15, -0.1) is 0 Å². The summed E-state index contributed by atoms with van der Waals surface area (Å²) in [5, 5.41) is 18.0. The van der Waals surface area contributed by atoms with Crippen LogP contribution < -0.4 is 0 Å². The Morgan fingerprint density at radius 2 is 1.50 bits per heavy atom. The molecule has 2 N–H and O–H groups in total. The van der Waals surface area contributed by atoms with Gasteiger partial charge in [0, 0.05) is 6.42 Å². The van der Waals surface area contributed by atoms with Crippen molar-refractivity contribution in [2.75, 3.05) is 6.61 Å². The summed E-state index contributed by atoms with van der Waals surface area (Å²) in [6, 6.07) is 0. The zero-order valence-corrected chi connectivity index (χ0v) is 11.2. The molecule has 5 heteroatoms. The maximum absolute atomic E-state index is 11.0. The number of hydrogen-bond donors (Lipinski definition) is 2. The molecule has 0 aromatic heterocycles. The lowest BCUT2D eigenvalue weighted by Gasteiger charge is -2.14. The maximum Gasteiger partial charge on any atom is 0.343 e. The molecule has 5 nitrogen and oxygen atoms in total. The van der Waals surface area contributed by atoms with E-state index in [1.807, 2.05) is 13.8 Å². The summed E-state index contributed by atoms with van der Waals surface area (Å²) in [5.41, 5.74) is 0.322. The lowest BCUT2D eigenvalue weighted by Crippen LogP contribution is -2.15. The zero-order chi connectivity index (χ0) is 14.3. The van der Waals surface area contributed by atoms with E-state index in [4.69, 9.17) is 14.9 Å². The highest BCUT2D eigenvalue weighted by Gasteiger charge is 2.23. The van der Waals surface area contributed by atoms with Gasteiger partial charge in [-0.25, -0.2) is 9.59 Å². The molecule has 0 aromatic carbocycles. The second-order valence-electron chi connectivity index (χ2n) is 3.65. The predicted octanol–water partition coefficient (Wildman–Crippen LogP) is 2.58. The van der Waals surface area contributed by atoms with E-state index in [0.29, 0.717) is 36.4 Å². The quantitative estimate of drug-likeness (QED) is 0.240. The zero-order valence-electron chi connectivity index (χ0n) is 11.2. The lowest BCUT2D eigenvalue weighted by molar-refractivity contribution is -0.140. The van der Waals surface area contributed by atoms with E-state index in [1.54, 1.807) is 13.8 Å². The summed E-state index contributed by atoms with van der Waals surface area (Å²) < 4.78 is 5.40. The van der Waals surface area contributed by atoms with Gasteiger partial charge in [0.15, 0.2) is 0 Å². The van der Waals surface area contributed by atoms with Gasteiger partial charge in [-0.3, -0.25) is 0 Å². The number of carbonyl (C=O) groups is 2. The van der Waals surface area contributed by atoms with Crippen LogP contribution in [0.3, 0.4) is 0 Å². The van der Waals surface area contributed by atoms with Crippen LogP contribution in [0.25, 0.3) is 0 Å². The topological polar surface area (TPSA) is 83.8 Å². The Labute approximate surface area is 107 Å². The van der Waals surface area contributed by atoms with Gasteiger partial charge < -0.3 is 14.9 Å². The van der Waals surface area contributed by atoms with E-state index < -0.39 is 17.5 Å². The SMILES string of the molecule is CCOC(CC)=C(C)C(CC)=C(C(=O)O)C(=O)O. The first-order valence-corrected chi connectivity index (χ1v) is 5.93. The monoisotopic (exact) mass is 256 g/mol. The summed E-state index contributed by atoms with van der Waals surface area (Å²) in [7, 11) is 0. The molecule has 0 saturated heterocycles. The molecule has 0 unspecified atom stereocenters. The molecule has 0 aliphatic heterocycles. The molecular formula is C13H20O5. The van der Waals surface area contributed by atoms with Crippen LogP contribution in [0.1, 0.15) is 40.5 Å². The Morgan fingerprint density at radius 3 is 1.78 bits per heavy atom. The minimum Gasteiger partial charge on any atom is -0.498 e. The summed E-state index contributed by atoms with van der Waals surface area (Å²) in [6.45, 7) is 7.59. The van der Waals surface area contributed by atoms with Gasteiger partial charge in [0.25, 0.3) is 0 Å². The van der Waals surface area contributed by atoms with Crippen molar-refractivity contribution in [3.63, 3.8) is 0 Å². The van der Waals surface area contributed by atoms with Crippen molar-refractivity contribution in [1.29, 1.82) is 0 Å². The first-order chi connectivity index (χ1) is 8.40. The summed E-state index contributed by atoms with van der Waals surface area (Å²) >= 11 is 0. The van der Waals surface area contributed by atoms with Crippen molar-refractivity contribution in [3.05, 3.63) is 22.5 Å². The minimum absolute atomic E-state index is 0.306. The fraction of sp³-hybridized carbons (Fsp3) is 0.538. The molecular weight excluding hydrogens is 236 g/mol. The second-order valence-corrected chi connectivity index (χ2v) is 3.65. The van der Waals surface area contributed by atoms with E-state index >= 15 is 0 Å². The number of carboxylic acid groups (broad SMARTS) is 2. The van der Waals surface area contributed by atoms with Gasteiger partial charge in [0.05, 0.1) is 12.4 Å². The Morgan fingerprint density at radius 1 is 1.00 bits per heavy atom. The number of carboxylic acids is 2. The number of rotatable bonds is 7. The average molecular weight is 256 g/mol. The molecule has 0 heterocycles. The minimum atomic E-state index is -1.43. The first-order valence-electron chi connectivity index (χ1n) is 5.93. The van der Waals surface area contributed by atoms with Gasteiger partial charge >= 0.3 is 11.9 Å². The van der Waals surface area contributed by atoms with E-state index in [0.717, 1.165) is 0 Å². The molecule has 0 radical (unpaired) electrons. The number of aliphatic carboxylic acids is 2. The van der Waals surface area contributed by atoms with Gasteiger partial charge in [-0.1, -0.05) is 13.8 Å². The highest BCUT2D eigenvalue weighted by atomic mass is 16.5. The van der Waals surface area contributed by atoms with Crippen molar-refractivity contribution in [2.45, 2.75) is 40.5 Å². The summed E-state index contributed by atoms with van der Waals surface area (Å²) in [4.78, 5) is 22.0. The van der Waals surface area contributed by atoms with Crippen molar-refractivity contribution in [3.8, 4) is 0 Å². The number of hydrogen-bond acceptors (Lipinski definition) is 3. The lowest BCUT2D eigenvalue weighted by atomic mass is 9.97. The van der Waals surface area contributed by atoms with Gasteiger partial charge in [-0.2, -0.15) is 0 Å². The molecule has 0 atom stereocenters. The Hall–Kier alpha value is -1.78. The molecule has 0 spiro atoms. The highest BCUT2D eigenvalue weighted by Crippen LogP contribution is 2.24. The second kappa shape index (κ2) is 7.53. The fourth-order valence-electron chi connectivity index (χ4n) is 1.80. The molecule has 0 aliphatic carbocycles. The van der Waals surface area contributed by atoms with E-state index in [1.165, 1.54) is 0 Å². The normalized spacial score (nSPS) is 11.6. The van der Waals surface area contributed by atoms with Crippen molar-refractivity contribution >= 4 is 11.9 Å². The van der Waals surface area contributed by atoms with Crippen LogP contribution >= 0.6 is 0 Å². The van der Waals surface area contributed by atoms with Gasteiger partial charge in [-0.05, 0) is 31.4 Å². The molecule has 102 valence electrons. The largest absolute Gasteiger partial charge is 0.498 e.